The van der Waals surface area contributed by atoms with Crippen LogP contribution in [0.15, 0.2) is 60.7 Å². The zero-order valence-electron chi connectivity index (χ0n) is 15.8. The molecule has 0 spiro atoms. The van der Waals surface area contributed by atoms with Gasteiger partial charge in [-0.3, -0.25) is 0 Å². The maximum atomic E-state index is 11.7. The first-order chi connectivity index (χ1) is 13.4. The van der Waals surface area contributed by atoms with Gasteiger partial charge in [0.05, 0.1) is 0 Å². The van der Waals surface area contributed by atoms with Gasteiger partial charge in [-0.25, -0.2) is 9.78 Å². The minimum Gasteiger partial charge on any atom is -0.491 e. The molecule has 0 saturated carbocycles. The van der Waals surface area contributed by atoms with Gasteiger partial charge in [-0.05, 0) is 16.5 Å². The highest BCUT2D eigenvalue weighted by molar-refractivity contribution is 5.89. The van der Waals surface area contributed by atoms with Crippen LogP contribution < -0.4 is 4.74 Å². The number of aromatic nitrogens is 2. The predicted octanol–water partition coefficient (Wildman–Crippen LogP) is 3.98. The Morgan fingerprint density at radius 1 is 1.00 bits per heavy atom. The smallest absolute Gasteiger partial charge is 0.358 e. The van der Waals surface area contributed by atoms with E-state index in [9.17, 15) is 15.0 Å². The number of benzene rings is 2. The quantitative estimate of drug-likeness (QED) is 0.646. The van der Waals surface area contributed by atoms with Crippen molar-refractivity contribution in [2.75, 3.05) is 0 Å². The van der Waals surface area contributed by atoms with Crippen LogP contribution >= 0.6 is 0 Å². The minimum absolute atomic E-state index is 0.104. The van der Waals surface area contributed by atoms with Gasteiger partial charge in [0, 0.05) is 6.42 Å². The topological polar surface area (TPSA) is 92.5 Å². The summed E-state index contributed by atoms with van der Waals surface area (Å²) in [7, 11) is 0. The Balaban J connectivity index is 1.87. The molecule has 0 fully saturated rings. The molecule has 3 rings (SSSR count). The molecule has 0 atom stereocenters. The van der Waals surface area contributed by atoms with Crippen LogP contribution in [0.1, 0.15) is 41.3 Å². The summed E-state index contributed by atoms with van der Waals surface area (Å²) in [4.78, 5) is 19.9. The van der Waals surface area contributed by atoms with Crippen LogP contribution in [0.5, 0.6) is 11.6 Å². The van der Waals surface area contributed by atoms with E-state index in [1.807, 2.05) is 74.5 Å². The number of carboxylic acids is 1. The van der Waals surface area contributed by atoms with E-state index in [4.69, 9.17) is 4.74 Å². The normalized spacial score (nSPS) is 11.2. The summed E-state index contributed by atoms with van der Waals surface area (Å²) in [6.45, 7) is 4.14. The maximum Gasteiger partial charge on any atom is 0.358 e. The third kappa shape index (κ3) is 4.46. The number of rotatable bonds is 7. The molecule has 0 bridgehead atoms. The number of hydrogen-bond acceptors (Lipinski definition) is 5. The van der Waals surface area contributed by atoms with Crippen molar-refractivity contribution < 1.29 is 19.7 Å². The lowest BCUT2D eigenvalue weighted by Gasteiger charge is -2.24. The number of carboxylic acid groups (broad SMARTS) is 1. The third-order valence-corrected chi connectivity index (χ3v) is 4.48. The highest BCUT2D eigenvalue weighted by Crippen LogP contribution is 2.31. The Kier molecular flexibility index (Phi) is 5.59. The second-order valence-electron chi connectivity index (χ2n) is 7.15. The van der Waals surface area contributed by atoms with E-state index in [0.29, 0.717) is 6.42 Å². The van der Waals surface area contributed by atoms with Crippen LogP contribution in [0.4, 0.5) is 0 Å². The molecule has 3 aromatic rings. The Labute approximate surface area is 163 Å². The SMILES string of the molecule is CC(C)(Cc1nc(O)c(OCc2ccccc2)c(C(=O)O)n1)c1ccccc1. The van der Waals surface area contributed by atoms with Crippen molar-refractivity contribution in [3.05, 3.63) is 83.3 Å². The number of nitrogens with zero attached hydrogens (tertiary/aromatic N) is 2. The fraction of sp³-hybridized carbons (Fsp3) is 0.227. The highest BCUT2D eigenvalue weighted by Gasteiger charge is 2.26. The zero-order valence-corrected chi connectivity index (χ0v) is 15.8. The first-order valence-corrected chi connectivity index (χ1v) is 8.92. The molecule has 2 aromatic carbocycles. The fourth-order valence-corrected chi connectivity index (χ4v) is 2.96. The summed E-state index contributed by atoms with van der Waals surface area (Å²) >= 11 is 0. The van der Waals surface area contributed by atoms with Crippen LogP contribution in [0, 0.1) is 0 Å². The number of ether oxygens (including phenoxy) is 1. The van der Waals surface area contributed by atoms with Gasteiger partial charge in [-0.1, -0.05) is 74.5 Å². The molecule has 0 unspecified atom stereocenters. The third-order valence-electron chi connectivity index (χ3n) is 4.48. The van der Waals surface area contributed by atoms with E-state index >= 15 is 0 Å². The van der Waals surface area contributed by atoms with Crippen LogP contribution in [-0.2, 0) is 18.4 Å². The van der Waals surface area contributed by atoms with Crippen LogP contribution in [0.3, 0.4) is 0 Å². The standard InChI is InChI=1S/C22H22N2O4/c1-22(2,16-11-7-4-8-12-16)13-17-23-18(21(26)27)19(20(25)24-17)28-14-15-9-5-3-6-10-15/h3-12H,13-14H2,1-2H3,(H,26,27)(H,23,24,25). The van der Waals surface area contributed by atoms with Crippen molar-refractivity contribution in [1.82, 2.24) is 9.97 Å². The van der Waals surface area contributed by atoms with E-state index in [-0.39, 0.29) is 29.3 Å². The summed E-state index contributed by atoms with van der Waals surface area (Å²) < 4.78 is 5.53. The average molecular weight is 378 g/mol. The van der Waals surface area contributed by atoms with E-state index in [2.05, 4.69) is 9.97 Å². The van der Waals surface area contributed by atoms with Gasteiger partial charge in [0.25, 0.3) is 5.88 Å². The number of aromatic hydroxyl groups is 1. The molecular weight excluding hydrogens is 356 g/mol. The van der Waals surface area contributed by atoms with E-state index in [0.717, 1.165) is 11.1 Å². The van der Waals surface area contributed by atoms with Crippen molar-refractivity contribution >= 4 is 5.97 Å². The molecule has 0 saturated heterocycles. The van der Waals surface area contributed by atoms with Gasteiger partial charge >= 0.3 is 5.97 Å². The molecule has 28 heavy (non-hydrogen) atoms. The molecule has 1 heterocycles. The summed E-state index contributed by atoms with van der Waals surface area (Å²) in [5, 5.41) is 19.9. The summed E-state index contributed by atoms with van der Waals surface area (Å²) in [6, 6.07) is 19.1. The number of aromatic carboxylic acids is 1. The first kappa shape index (κ1) is 19.4. The lowest BCUT2D eigenvalue weighted by atomic mass is 9.81. The van der Waals surface area contributed by atoms with Crippen molar-refractivity contribution in [3.8, 4) is 11.6 Å². The van der Waals surface area contributed by atoms with Gasteiger partial charge < -0.3 is 14.9 Å². The second-order valence-corrected chi connectivity index (χ2v) is 7.15. The molecular formula is C22H22N2O4. The molecule has 0 radical (unpaired) electrons. The molecule has 6 heteroatoms. The van der Waals surface area contributed by atoms with Gasteiger partial charge in [-0.15, -0.1) is 0 Å². The van der Waals surface area contributed by atoms with Gasteiger partial charge in [0.15, 0.2) is 5.69 Å². The fourth-order valence-electron chi connectivity index (χ4n) is 2.96. The number of carbonyl (C=O) groups is 1. The van der Waals surface area contributed by atoms with Crippen molar-refractivity contribution in [1.29, 1.82) is 0 Å². The molecule has 2 N–H and O–H groups in total. The summed E-state index contributed by atoms with van der Waals surface area (Å²) in [5.41, 5.74) is 1.23. The van der Waals surface area contributed by atoms with Gasteiger partial charge in [0.1, 0.15) is 12.4 Å². The molecule has 0 aliphatic heterocycles. The zero-order chi connectivity index (χ0) is 20.1. The van der Waals surface area contributed by atoms with Crippen LogP contribution in [-0.4, -0.2) is 26.2 Å². The minimum atomic E-state index is -1.28. The highest BCUT2D eigenvalue weighted by atomic mass is 16.5. The van der Waals surface area contributed by atoms with Gasteiger partial charge in [0.2, 0.25) is 5.75 Å². The van der Waals surface area contributed by atoms with Crippen molar-refractivity contribution in [2.45, 2.75) is 32.3 Å². The Morgan fingerprint density at radius 2 is 1.61 bits per heavy atom. The first-order valence-electron chi connectivity index (χ1n) is 8.92. The largest absolute Gasteiger partial charge is 0.491 e. The lowest BCUT2D eigenvalue weighted by molar-refractivity contribution is 0.0682. The molecule has 0 aliphatic carbocycles. The molecule has 0 aliphatic rings. The predicted molar refractivity (Wildman–Crippen MR) is 105 cm³/mol. The van der Waals surface area contributed by atoms with Crippen LogP contribution in [0.2, 0.25) is 0 Å². The molecule has 6 nitrogen and oxygen atoms in total. The number of hydrogen-bond donors (Lipinski definition) is 2. The maximum absolute atomic E-state index is 11.7. The second kappa shape index (κ2) is 8.08. The Hall–Kier alpha value is -3.41. The monoisotopic (exact) mass is 378 g/mol. The van der Waals surface area contributed by atoms with Crippen LogP contribution in [0.25, 0.3) is 0 Å². The Morgan fingerprint density at radius 3 is 2.21 bits per heavy atom. The summed E-state index contributed by atoms with van der Waals surface area (Å²) in [6.07, 6.45) is 0.365. The van der Waals surface area contributed by atoms with E-state index in [1.54, 1.807) is 0 Å². The average Bonchev–Trinajstić information content (AvgIpc) is 2.68. The van der Waals surface area contributed by atoms with E-state index < -0.39 is 11.8 Å². The van der Waals surface area contributed by atoms with E-state index in [1.165, 1.54) is 0 Å². The summed E-state index contributed by atoms with van der Waals surface area (Å²) in [5.74, 6) is -1.73. The Bertz CT molecular complexity index is 957. The molecule has 0 amide bonds. The molecule has 1 aromatic heterocycles. The van der Waals surface area contributed by atoms with Crippen molar-refractivity contribution in [3.63, 3.8) is 0 Å². The van der Waals surface area contributed by atoms with Crippen molar-refractivity contribution in [2.24, 2.45) is 0 Å². The molecule has 144 valence electrons. The lowest BCUT2D eigenvalue weighted by Crippen LogP contribution is -2.23. The van der Waals surface area contributed by atoms with Gasteiger partial charge in [-0.2, -0.15) is 4.98 Å².